The smallest absolute Gasteiger partial charge is 0.417 e. The second-order valence-electron chi connectivity index (χ2n) is 11.8. The first-order chi connectivity index (χ1) is 19.0. The van der Waals surface area contributed by atoms with E-state index in [0.29, 0.717) is 19.4 Å². The number of phenols is 1. The molecule has 5 N–H and O–H groups in total. The van der Waals surface area contributed by atoms with Crippen LogP contribution in [0.15, 0.2) is 23.0 Å². The summed E-state index contributed by atoms with van der Waals surface area (Å²) in [6.07, 6.45) is -4.46. The first-order valence-electron chi connectivity index (χ1n) is 13.6. The molecule has 0 amide bonds. The van der Waals surface area contributed by atoms with Crippen molar-refractivity contribution < 1.29 is 48.0 Å². The fraction of sp³-hybridized carbons (Fsp3) is 0.552. The molecule has 3 aliphatic carbocycles. The van der Waals surface area contributed by atoms with Gasteiger partial charge in [0, 0.05) is 23.6 Å². The van der Waals surface area contributed by atoms with E-state index in [-0.39, 0.29) is 23.6 Å². The first-order valence-corrected chi connectivity index (χ1v) is 13.6. The van der Waals surface area contributed by atoms with E-state index in [1.165, 1.54) is 0 Å². The summed E-state index contributed by atoms with van der Waals surface area (Å²) in [6, 6.07) is -1.29. The summed E-state index contributed by atoms with van der Waals surface area (Å²) in [5, 5.41) is 48.1. The van der Waals surface area contributed by atoms with Crippen LogP contribution in [-0.4, -0.2) is 74.0 Å². The Morgan fingerprint density at radius 1 is 1.20 bits per heavy atom. The van der Waals surface area contributed by atoms with Gasteiger partial charge in [-0.3, -0.25) is 19.3 Å². The summed E-state index contributed by atoms with van der Waals surface area (Å²) in [7, 11) is 1.55. The second kappa shape index (κ2) is 9.67. The van der Waals surface area contributed by atoms with Crippen molar-refractivity contribution in [2.45, 2.75) is 76.4 Å². The molecule has 5 atom stereocenters. The van der Waals surface area contributed by atoms with Gasteiger partial charge in [0.25, 0.3) is 0 Å². The van der Waals surface area contributed by atoms with Crippen LogP contribution in [0.3, 0.4) is 0 Å². The Hall–Kier alpha value is -3.22. The van der Waals surface area contributed by atoms with E-state index in [4.69, 9.17) is 0 Å². The lowest BCUT2D eigenvalue weighted by molar-refractivity contribution is -0.155. The number of halogens is 3. The Morgan fingerprint density at radius 2 is 1.85 bits per heavy atom. The van der Waals surface area contributed by atoms with Gasteiger partial charge in [-0.25, -0.2) is 0 Å². The molecule has 1 aromatic rings. The van der Waals surface area contributed by atoms with Gasteiger partial charge in [0.15, 0.2) is 17.2 Å². The number of carbonyl (C=O) groups is 3. The highest BCUT2D eigenvalue weighted by Gasteiger charge is 2.64. The fourth-order valence-corrected chi connectivity index (χ4v) is 7.20. The average Bonchev–Trinajstić information content (AvgIpc) is 3.39. The number of nitrogens with zero attached hydrogens (tertiary/aromatic N) is 1. The Balaban J connectivity index is 1.76. The van der Waals surface area contributed by atoms with E-state index in [0.717, 1.165) is 13.0 Å². The van der Waals surface area contributed by atoms with Gasteiger partial charge in [0.1, 0.15) is 22.8 Å². The Kier molecular flexibility index (Phi) is 6.91. The van der Waals surface area contributed by atoms with Crippen molar-refractivity contribution in [2.24, 2.45) is 11.8 Å². The summed E-state index contributed by atoms with van der Waals surface area (Å²) < 4.78 is 43.9. The van der Waals surface area contributed by atoms with Gasteiger partial charge < -0.3 is 25.7 Å². The van der Waals surface area contributed by atoms with Gasteiger partial charge in [0.05, 0.1) is 17.2 Å². The fourth-order valence-electron chi connectivity index (χ4n) is 7.20. The topological polar surface area (TPSA) is 147 Å². The number of Topliss-reactive ketones (excluding diaryl/α,β-unsaturated/α-hetero) is 3. The Morgan fingerprint density at radius 3 is 2.39 bits per heavy atom. The van der Waals surface area contributed by atoms with Crippen molar-refractivity contribution in [1.82, 2.24) is 10.2 Å². The van der Waals surface area contributed by atoms with Crippen molar-refractivity contribution in [1.29, 1.82) is 0 Å². The van der Waals surface area contributed by atoms with Crippen molar-refractivity contribution in [3.63, 3.8) is 0 Å². The van der Waals surface area contributed by atoms with Crippen LogP contribution in [0.5, 0.6) is 5.75 Å². The molecule has 1 saturated carbocycles. The van der Waals surface area contributed by atoms with Crippen LogP contribution in [0.1, 0.15) is 68.3 Å². The minimum absolute atomic E-state index is 0.155. The number of carbonyl (C=O) groups excluding carboxylic acids is 3. The molecule has 2 fully saturated rings. The standard InChI is InChI=1S/C29H33F3N2O7/c1-11(2)34(4)23-16-9-13-8-15-21(18(36)10-14(17-6-5-7-33-17)22(15)29(30,31)32)24(37)20(13)27(40)28(16,41)26(39)19(12(3)35)25(23)38/h10-11,13,16-17,23,33,36-37,39,41H,5-9H2,1-4H3/t13-,16-,17?,23-,28+/m0/s1. The molecule has 222 valence electrons. The van der Waals surface area contributed by atoms with Crippen molar-refractivity contribution >= 4 is 23.1 Å². The number of benzene rings is 1. The SMILES string of the molecule is CC(=O)C1=C(O)[C@@]2(O)C(=O)C3=C(O)c4c(O)cc(C5CCCN5)c(C(F)(F)F)c4C[C@H]3C[C@H]2[C@H](N(C)C(C)C)C1=O. The molecule has 12 heteroatoms. The predicted molar refractivity (Wildman–Crippen MR) is 140 cm³/mol. The van der Waals surface area contributed by atoms with Gasteiger partial charge in [-0.2, -0.15) is 13.2 Å². The van der Waals surface area contributed by atoms with E-state index in [1.807, 2.05) is 0 Å². The van der Waals surface area contributed by atoms with Crippen molar-refractivity contribution in [3.05, 3.63) is 45.2 Å². The largest absolute Gasteiger partial charge is 0.508 e. The number of alkyl halides is 3. The molecule has 0 spiro atoms. The highest BCUT2D eigenvalue weighted by molar-refractivity contribution is 6.25. The van der Waals surface area contributed by atoms with Gasteiger partial charge in [0.2, 0.25) is 5.78 Å². The maximum Gasteiger partial charge on any atom is 0.417 e. The van der Waals surface area contributed by atoms with Crippen molar-refractivity contribution in [2.75, 3.05) is 13.6 Å². The second-order valence-corrected chi connectivity index (χ2v) is 11.8. The summed E-state index contributed by atoms with van der Waals surface area (Å²) in [4.78, 5) is 41.5. The summed E-state index contributed by atoms with van der Waals surface area (Å²) in [6.45, 7) is 5.00. The number of aromatic hydroxyl groups is 1. The monoisotopic (exact) mass is 578 g/mol. The lowest BCUT2D eigenvalue weighted by Gasteiger charge is -2.51. The molecule has 0 aromatic heterocycles. The molecular formula is C29H33F3N2O7. The number of rotatable bonds is 4. The number of hydrogen-bond acceptors (Lipinski definition) is 9. The van der Waals surface area contributed by atoms with Crippen molar-refractivity contribution in [3.8, 4) is 5.75 Å². The minimum Gasteiger partial charge on any atom is -0.508 e. The zero-order valence-corrected chi connectivity index (χ0v) is 23.1. The van der Waals surface area contributed by atoms with Crippen LogP contribution in [0.4, 0.5) is 13.2 Å². The van der Waals surface area contributed by atoms with Gasteiger partial charge in [-0.15, -0.1) is 0 Å². The number of phenolic OH excluding ortho intramolecular Hbond substituents is 1. The number of nitrogens with one attached hydrogen (secondary N) is 1. The average molecular weight is 579 g/mol. The molecule has 1 unspecified atom stereocenters. The third kappa shape index (κ3) is 4.13. The van der Waals surface area contributed by atoms with Crippen LogP contribution in [0.2, 0.25) is 0 Å². The van der Waals surface area contributed by atoms with E-state index in [9.17, 15) is 48.0 Å². The molecule has 9 nitrogen and oxygen atoms in total. The molecule has 1 aromatic carbocycles. The van der Waals surface area contributed by atoms with E-state index in [2.05, 4.69) is 5.32 Å². The van der Waals surface area contributed by atoms with Gasteiger partial charge >= 0.3 is 6.18 Å². The Labute approximate surface area is 234 Å². The lowest BCUT2D eigenvalue weighted by atomic mass is 9.57. The quantitative estimate of drug-likeness (QED) is 0.340. The number of ketones is 3. The zero-order chi connectivity index (χ0) is 30.3. The summed E-state index contributed by atoms with van der Waals surface area (Å²) in [5.41, 5.74) is -6.07. The molecule has 41 heavy (non-hydrogen) atoms. The number of hydrogen-bond donors (Lipinski definition) is 5. The number of fused-ring (bicyclic) bond motifs is 3. The molecule has 1 saturated heterocycles. The van der Waals surface area contributed by atoms with Crippen LogP contribution in [0.25, 0.3) is 5.76 Å². The lowest BCUT2D eigenvalue weighted by Crippen LogP contribution is -2.66. The number of likely N-dealkylation sites (N-methyl/N-ethyl adjacent to an activating group) is 1. The van der Waals surface area contributed by atoms with Crippen LogP contribution >= 0.6 is 0 Å². The molecule has 4 aliphatic rings. The van der Waals surface area contributed by atoms with E-state index >= 15 is 0 Å². The van der Waals surface area contributed by atoms with E-state index in [1.54, 1.807) is 25.8 Å². The Bertz CT molecular complexity index is 1420. The third-order valence-corrected chi connectivity index (χ3v) is 9.28. The van der Waals surface area contributed by atoms with Gasteiger partial charge in [-0.05, 0) is 83.2 Å². The molecule has 0 bridgehead atoms. The zero-order valence-electron chi connectivity index (χ0n) is 23.1. The molecule has 0 radical (unpaired) electrons. The maximum absolute atomic E-state index is 14.6. The summed E-state index contributed by atoms with van der Waals surface area (Å²) >= 11 is 0. The third-order valence-electron chi connectivity index (χ3n) is 9.28. The molecular weight excluding hydrogens is 545 g/mol. The van der Waals surface area contributed by atoms with E-state index < -0.39 is 99.0 Å². The minimum atomic E-state index is -4.85. The van der Waals surface area contributed by atoms with Crippen LogP contribution < -0.4 is 5.32 Å². The highest BCUT2D eigenvalue weighted by atomic mass is 19.4. The summed E-state index contributed by atoms with van der Waals surface area (Å²) in [5.74, 6) is -8.01. The normalized spacial score (nSPS) is 30.2. The highest BCUT2D eigenvalue weighted by Crippen LogP contribution is 2.55. The molecule has 5 rings (SSSR count). The van der Waals surface area contributed by atoms with Crippen LogP contribution in [-0.2, 0) is 27.0 Å². The predicted octanol–water partition coefficient (Wildman–Crippen LogP) is 3.29. The maximum atomic E-state index is 14.6. The number of aliphatic hydroxyl groups is 3. The molecule has 1 heterocycles. The van der Waals surface area contributed by atoms with Gasteiger partial charge in [-0.1, -0.05) is 0 Å². The number of aliphatic hydroxyl groups excluding tert-OH is 2. The first kappa shape index (κ1) is 29.3. The molecule has 1 aliphatic heterocycles. The van der Waals surface area contributed by atoms with Crippen LogP contribution in [0, 0.1) is 11.8 Å².